The molecule has 0 saturated heterocycles. The molecule has 92 valence electrons. The van der Waals surface area contributed by atoms with Crippen molar-refractivity contribution in [2.75, 3.05) is 0 Å². The van der Waals surface area contributed by atoms with E-state index in [2.05, 4.69) is 4.84 Å². The van der Waals surface area contributed by atoms with Crippen LogP contribution in [0, 0.1) is 0 Å². The van der Waals surface area contributed by atoms with Gasteiger partial charge in [-0.3, -0.25) is 4.84 Å². The SMILES string of the molecule is Cn1cc(CON)c2c(C(F)(F)F)cccc21. The number of nitrogens with two attached hydrogens (primary N) is 1. The standard InChI is InChI=1S/C11H11F3N2O/c1-16-5-7(6-17-15)10-8(11(12,13)14)3-2-4-9(10)16/h2-5H,6,15H2,1H3. The summed E-state index contributed by atoms with van der Waals surface area (Å²) in [6, 6.07) is 4.07. The van der Waals surface area contributed by atoms with E-state index in [9.17, 15) is 13.2 Å². The lowest BCUT2D eigenvalue weighted by molar-refractivity contribution is -0.136. The van der Waals surface area contributed by atoms with E-state index in [0.717, 1.165) is 6.07 Å². The van der Waals surface area contributed by atoms with E-state index in [1.807, 2.05) is 0 Å². The van der Waals surface area contributed by atoms with E-state index in [-0.39, 0.29) is 12.0 Å². The summed E-state index contributed by atoms with van der Waals surface area (Å²) in [5.74, 6) is 4.93. The summed E-state index contributed by atoms with van der Waals surface area (Å²) in [7, 11) is 1.68. The van der Waals surface area contributed by atoms with Gasteiger partial charge in [0.25, 0.3) is 0 Å². The molecule has 17 heavy (non-hydrogen) atoms. The smallest absolute Gasteiger partial charge is 0.350 e. The number of hydrogen-bond acceptors (Lipinski definition) is 2. The number of aromatic nitrogens is 1. The predicted octanol–water partition coefficient (Wildman–Crippen LogP) is 2.59. The van der Waals surface area contributed by atoms with E-state index in [0.29, 0.717) is 11.1 Å². The highest BCUT2D eigenvalue weighted by atomic mass is 19.4. The summed E-state index contributed by atoms with van der Waals surface area (Å²) >= 11 is 0. The van der Waals surface area contributed by atoms with Crippen molar-refractivity contribution in [1.82, 2.24) is 4.57 Å². The molecule has 0 aliphatic rings. The second kappa shape index (κ2) is 4.05. The Balaban J connectivity index is 2.76. The molecule has 3 nitrogen and oxygen atoms in total. The lowest BCUT2D eigenvalue weighted by Crippen LogP contribution is -2.07. The fraction of sp³-hybridized carbons (Fsp3) is 0.273. The van der Waals surface area contributed by atoms with Crippen molar-refractivity contribution in [1.29, 1.82) is 0 Å². The molecule has 0 atom stereocenters. The summed E-state index contributed by atoms with van der Waals surface area (Å²) in [6.07, 6.45) is -2.79. The monoisotopic (exact) mass is 244 g/mol. The Labute approximate surface area is 95.5 Å². The van der Waals surface area contributed by atoms with Gasteiger partial charge in [-0.25, -0.2) is 5.90 Å². The Morgan fingerprint density at radius 2 is 2.06 bits per heavy atom. The zero-order valence-electron chi connectivity index (χ0n) is 9.08. The molecule has 0 aliphatic carbocycles. The maximum atomic E-state index is 12.9. The maximum absolute atomic E-state index is 12.9. The van der Waals surface area contributed by atoms with Crippen LogP contribution in [0.2, 0.25) is 0 Å². The van der Waals surface area contributed by atoms with Crippen molar-refractivity contribution in [3.05, 3.63) is 35.5 Å². The van der Waals surface area contributed by atoms with Crippen molar-refractivity contribution < 1.29 is 18.0 Å². The van der Waals surface area contributed by atoms with E-state index in [4.69, 9.17) is 5.90 Å². The lowest BCUT2D eigenvalue weighted by Gasteiger charge is -2.09. The molecule has 0 radical (unpaired) electrons. The van der Waals surface area contributed by atoms with Crippen LogP contribution in [0.3, 0.4) is 0 Å². The first-order valence-corrected chi connectivity index (χ1v) is 4.91. The minimum absolute atomic E-state index is 0.0512. The molecule has 0 fully saturated rings. The summed E-state index contributed by atoms with van der Waals surface area (Å²) in [6.45, 7) is -0.0512. The molecule has 0 saturated carbocycles. The number of aryl methyl sites for hydroxylation is 1. The van der Waals surface area contributed by atoms with Gasteiger partial charge in [0.15, 0.2) is 0 Å². The zero-order chi connectivity index (χ0) is 12.6. The quantitative estimate of drug-likeness (QED) is 0.825. The molecule has 0 unspecified atom stereocenters. The molecule has 0 spiro atoms. The van der Waals surface area contributed by atoms with Crippen molar-refractivity contribution in [2.24, 2.45) is 12.9 Å². The van der Waals surface area contributed by atoms with Crippen LogP contribution < -0.4 is 5.90 Å². The van der Waals surface area contributed by atoms with Crippen LogP contribution >= 0.6 is 0 Å². The average Bonchev–Trinajstić information content (AvgIpc) is 2.55. The van der Waals surface area contributed by atoms with Crippen LogP contribution in [0.15, 0.2) is 24.4 Å². The van der Waals surface area contributed by atoms with Crippen molar-refractivity contribution in [2.45, 2.75) is 12.8 Å². The van der Waals surface area contributed by atoms with E-state index in [1.165, 1.54) is 6.07 Å². The van der Waals surface area contributed by atoms with Gasteiger partial charge < -0.3 is 4.57 Å². The maximum Gasteiger partial charge on any atom is 0.417 e. The van der Waals surface area contributed by atoms with Crippen LogP contribution in [0.25, 0.3) is 10.9 Å². The van der Waals surface area contributed by atoms with Gasteiger partial charge in [0.1, 0.15) is 0 Å². The molecular weight excluding hydrogens is 233 g/mol. The second-order valence-electron chi connectivity index (χ2n) is 3.77. The number of benzene rings is 1. The summed E-state index contributed by atoms with van der Waals surface area (Å²) in [5, 5.41) is 0.146. The van der Waals surface area contributed by atoms with Crippen LogP contribution in [0.5, 0.6) is 0 Å². The van der Waals surface area contributed by atoms with Gasteiger partial charge in [0, 0.05) is 29.7 Å². The van der Waals surface area contributed by atoms with Gasteiger partial charge in [-0.2, -0.15) is 13.2 Å². The Bertz CT molecular complexity index is 545. The van der Waals surface area contributed by atoms with Crippen LogP contribution in [0.1, 0.15) is 11.1 Å². The largest absolute Gasteiger partial charge is 0.417 e. The first kappa shape index (κ1) is 11.9. The van der Waals surface area contributed by atoms with E-state index < -0.39 is 11.7 Å². The normalized spacial score (nSPS) is 12.3. The molecule has 2 aromatic rings. The first-order valence-electron chi connectivity index (χ1n) is 4.91. The highest BCUT2D eigenvalue weighted by Crippen LogP contribution is 2.36. The molecule has 2 rings (SSSR count). The molecule has 0 aliphatic heterocycles. The minimum atomic E-state index is -4.38. The fourth-order valence-corrected chi connectivity index (χ4v) is 1.97. The first-order chi connectivity index (χ1) is 7.95. The second-order valence-corrected chi connectivity index (χ2v) is 3.77. The zero-order valence-corrected chi connectivity index (χ0v) is 9.08. The highest BCUT2D eigenvalue weighted by molar-refractivity contribution is 5.87. The van der Waals surface area contributed by atoms with Crippen molar-refractivity contribution in [3.63, 3.8) is 0 Å². The number of fused-ring (bicyclic) bond motifs is 1. The number of rotatable bonds is 2. The summed E-state index contributed by atoms with van der Waals surface area (Å²) in [5.41, 5.74) is 0.271. The summed E-state index contributed by atoms with van der Waals surface area (Å²) < 4.78 is 40.2. The van der Waals surface area contributed by atoms with Crippen LogP contribution in [0.4, 0.5) is 13.2 Å². The Morgan fingerprint density at radius 3 is 2.65 bits per heavy atom. The van der Waals surface area contributed by atoms with E-state index in [1.54, 1.807) is 23.9 Å². The topological polar surface area (TPSA) is 40.2 Å². The Morgan fingerprint density at radius 1 is 1.35 bits per heavy atom. The number of alkyl halides is 3. The van der Waals surface area contributed by atoms with E-state index >= 15 is 0 Å². The van der Waals surface area contributed by atoms with Crippen molar-refractivity contribution in [3.8, 4) is 0 Å². The Kier molecular flexibility index (Phi) is 2.84. The van der Waals surface area contributed by atoms with Gasteiger partial charge in [0.2, 0.25) is 0 Å². The molecule has 0 bridgehead atoms. The molecule has 0 amide bonds. The third kappa shape index (κ3) is 2.01. The van der Waals surface area contributed by atoms with Gasteiger partial charge in [0.05, 0.1) is 12.2 Å². The average molecular weight is 244 g/mol. The molecule has 1 aromatic carbocycles. The van der Waals surface area contributed by atoms with Gasteiger partial charge >= 0.3 is 6.18 Å². The third-order valence-corrected chi connectivity index (χ3v) is 2.64. The number of halogens is 3. The molecule has 1 aromatic heterocycles. The van der Waals surface area contributed by atoms with Gasteiger partial charge in [-0.1, -0.05) is 6.07 Å². The summed E-state index contributed by atoms with van der Waals surface area (Å²) in [4.78, 5) is 4.44. The molecule has 6 heteroatoms. The lowest BCUT2D eigenvalue weighted by atomic mass is 10.1. The molecular formula is C11H11F3N2O. The van der Waals surface area contributed by atoms with Crippen molar-refractivity contribution >= 4 is 10.9 Å². The van der Waals surface area contributed by atoms with Gasteiger partial charge in [-0.15, -0.1) is 0 Å². The molecule has 1 heterocycles. The van der Waals surface area contributed by atoms with Crippen LogP contribution in [-0.2, 0) is 24.7 Å². The number of hydrogen-bond donors (Lipinski definition) is 1. The molecule has 2 N–H and O–H groups in total. The number of nitrogens with zero attached hydrogens (tertiary/aromatic N) is 1. The predicted molar refractivity (Wildman–Crippen MR) is 56.9 cm³/mol. The highest BCUT2D eigenvalue weighted by Gasteiger charge is 2.33. The minimum Gasteiger partial charge on any atom is -0.350 e. The van der Waals surface area contributed by atoms with Gasteiger partial charge in [-0.05, 0) is 12.1 Å². The fourth-order valence-electron chi connectivity index (χ4n) is 1.97. The third-order valence-electron chi connectivity index (χ3n) is 2.64. The van der Waals surface area contributed by atoms with Crippen LogP contribution in [-0.4, -0.2) is 4.57 Å². The Hall–Kier alpha value is -1.53.